The maximum atomic E-state index is 15.8. The van der Waals surface area contributed by atoms with Crippen LogP contribution in [0.15, 0.2) is 55.1 Å². The van der Waals surface area contributed by atoms with Crippen LogP contribution in [0.4, 0.5) is 39.9 Å². The zero-order chi connectivity index (χ0) is 41.7. The van der Waals surface area contributed by atoms with Crippen LogP contribution in [0.3, 0.4) is 0 Å². The first-order valence-corrected chi connectivity index (χ1v) is 17.4. The number of alkyl carbamates (subject to hydrolysis) is 1. The van der Waals surface area contributed by atoms with E-state index in [1.807, 2.05) is 5.32 Å². The predicted octanol–water partition coefficient (Wildman–Crippen LogP) is 7.55. The Morgan fingerprint density at radius 3 is 2.40 bits per heavy atom. The maximum absolute atomic E-state index is 15.8. The van der Waals surface area contributed by atoms with Gasteiger partial charge < -0.3 is 15.4 Å². The monoisotopic (exact) mass is 825 g/mol. The Kier molecular flexibility index (Phi) is 10.8. The summed E-state index contributed by atoms with van der Waals surface area (Å²) in [5.41, 5.74) is -5.27. The highest BCUT2D eigenvalue weighted by Gasteiger charge is 2.65. The number of nitrogens with zero attached hydrogens (tertiary/aromatic N) is 6. The molecule has 6 rings (SSSR count). The molecule has 2 atom stereocenters. The molecule has 1 aliphatic carbocycles. The minimum atomic E-state index is -4.78. The van der Waals surface area contributed by atoms with Gasteiger partial charge in [0.05, 0.1) is 34.1 Å². The van der Waals surface area contributed by atoms with E-state index < -0.39 is 90.7 Å². The van der Waals surface area contributed by atoms with Crippen LogP contribution >= 0.6 is 11.6 Å². The number of rotatable bonds is 10. The molecule has 4 aromatic rings. The summed E-state index contributed by atoms with van der Waals surface area (Å²) in [5.74, 6) is 1.93. The van der Waals surface area contributed by atoms with E-state index in [1.54, 1.807) is 20.8 Å². The lowest BCUT2D eigenvalue weighted by molar-refractivity contribution is -0.164. The van der Waals surface area contributed by atoms with Gasteiger partial charge in [-0.1, -0.05) is 56.3 Å². The summed E-state index contributed by atoms with van der Waals surface area (Å²) in [6.45, 7) is 1.55. The van der Waals surface area contributed by atoms with Gasteiger partial charge in [-0.3, -0.25) is 15.1 Å². The number of halogens is 9. The summed E-state index contributed by atoms with van der Waals surface area (Å²) < 4.78 is 117. The smallest absolute Gasteiger partial charge is 0.411 e. The molecule has 0 bridgehead atoms. The molecular formula is C36H32ClF8N9O3. The number of aromatic nitrogens is 5. The number of nitrogens with one attached hydrogen (secondary N) is 3. The van der Waals surface area contributed by atoms with Gasteiger partial charge in [0.25, 0.3) is 12.3 Å². The third kappa shape index (κ3) is 8.24. The average Bonchev–Trinajstić information content (AvgIpc) is 3.42. The number of carbonyl (C=O) groups is 2. The molecule has 1 unspecified atom stereocenters. The second-order valence-electron chi connectivity index (χ2n) is 14.6. The summed E-state index contributed by atoms with van der Waals surface area (Å²) in [4.78, 5) is 32.1. The molecule has 1 saturated heterocycles. The van der Waals surface area contributed by atoms with E-state index in [-0.39, 0.29) is 39.4 Å². The number of hydrogen-bond acceptors (Lipinski definition) is 7. The fourth-order valence-electron chi connectivity index (χ4n) is 6.46. The Labute approximate surface area is 324 Å². The van der Waals surface area contributed by atoms with Crippen LogP contribution in [0.25, 0.3) is 5.69 Å². The molecule has 3 heterocycles. The molecule has 2 amide bonds. The quantitative estimate of drug-likeness (QED) is 0.111. The first-order valence-electron chi connectivity index (χ1n) is 17.0. The molecule has 302 valence electrons. The number of hydrogen-bond donors (Lipinski definition) is 3. The van der Waals surface area contributed by atoms with Gasteiger partial charge in [-0.25, -0.2) is 32.3 Å². The third-order valence-corrected chi connectivity index (χ3v) is 9.55. The molecular weight excluding hydrogens is 794 g/mol. The highest BCUT2D eigenvalue weighted by atomic mass is 35.5. The summed E-state index contributed by atoms with van der Waals surface area (Å²) in [5, 5.41) is 20.9. The number of guanidine groups is 1. The second-order valence-corrected chi connectivity index (χ2v) is 15.0. The molecule has 12 nitrogen and oxygen atoms in total. The predicted molar refractivity (Wildman–Crippen MR) is 186 cm³/mol. The summed E-state index contributed by atoms with van der Waals surface area (Å²) in [7, 11) is 0. The Morgan fingerprint density at radius 2 is 1.81 bits per heavy atom. The number of amides is 2. The van der Waals surface area contributed by atoms with E-state index in [2.05, 4.69) is 32.3 Å². The largest absolute Gasteiger partial charge is 0.447 e. The maximum Gasteiger partial charge on any atom is 0.411 e. The first-order chi connectivity index (χ1) is 26.6. The molecule has 0 radical (unpaired) electrons. The van der Waals surface area contributed by atoms with Gasteiger partial charge in [0, 0.05) is 6.20 Å². The van der Waals surface area contributed by atoms with E-state index in [1.165, 1.54) is 30.3 Å². The lowest BCUT2D eigenvalue weighted by Gasteiger charge is -2.35. The normalized spacial score (nSPS) is 18.4. The summed E-state index contributed by atoms with van der Waals surface area (Å²) in [6, 6.07) is 5.95. The van der Waals surface area contributed by atoms with Crippen LogP contribution in [0.5, 0.6) is 0 Å². The van der Waals surface area contributed by atoms with E-state index >= 15 is 4.39 Å². The molecule has 2 fully saturated rings. The van der Waals surface area contributed by atoms with Crippen LogP contribution in [-0.2, 0) is 15.1 Å². The van der Waals surface area contributed by atoms with Crippen LogP contribution in [0.1, 0.15) is 87.1 Å². The fraction of sp³-hybridized carbons (Fsp3) is 0.389. The molecule has 3 N–H and O–H groups in total. The second kappa shape index (κ2) is 15.0. The van der Waals surface area contributed by atoms with Crippen LogP contribution in [-0.4, -0.2) is 65.7 Å². The molecule has 2 aliphatic rings. The third-order valence-electron chi connectivity index (χ3n) is 9.23. The molecule has 1 saturated carbocycles. The Morgan fingerprint density at radius 1 is 1.09 bits per heavy atom. The van der Waals surface area contributed by atoms with Gasteiger partial charge in [0.15, 0.2) is 11.8 Å². The van der Waals surface area contributed by atoms with Crippen molar-refractivity contribution in [3.8, 4) is 17.5 Å². The fourth-order valence-corrected chi connectivity index (χ4v) is 6.66. The van der Waals surface area contributed by atoms with Crippen molar-refractivity contribution in [1.29, 1.82) is 5.41 Å². The molecule has 57 heavy (non-hydrogen) atoms. The Balaban J connectivity index is 1.40. The van der Waals surface area contributed by atoms with Crippen molar-refractivity contribution in [2.45, 2.75) is 76.3 Å². The molecule has 21 heteroatoms. The lowest BCUT2D eigenvalue weighted by atomic mass is 9.75. The van der Waals surface area contributed by atoms with Crippen LogP contribution in [0.2, 0.25) is 5.02 Å². The van der Waals surface area contributed by atoms with E-state index in [0.29, 0.717) is 4.68 Å². The molecule has 0 spiro atoms. The lowest BCUT2D eigenvalue weighted by Crippen LogP contribution is -2.49. The van der Waals surface area contributed by atoms with Gasteiger partial charge >= 0.3 is 18.8 Å². The van der Waals surface area contributed by atoms with Gasteiger partial charge in [0.2, 0.25) is 0 Å². The van der Waals surface area contributed by atoms with Crippen molar-refractivity contribution >= 4 is 29.6 Å². The zero-order valence-corrected chi connectivity index (χ0v) is 30.8. The molecule has 2 aromatic carbocycles. The topological polar surface area (TPSA) is 143 Å². The summed E-state index contributed by atoms with van der Waals surface area (Å²) >= 11 is 6.38. The van der Waals surface area contributed by atoms with Gasteiger partial charge in [-0.15, -0.1) is 0 Å². The van der Waals surface area contributed by atoms with Crippen LogP contribution < -0.4 is 10.6 Å². The summed E-state index contributed by atoms with van der Waals surface area (Å²) in [6.07, 6.45) is -7.32. The van der Waals surface area contributed by atoms with Crippen molar-refractivity contribution in [1.82, 2.24) is 40.1 Å². The van der Waals surface area contributed by atoms with Gasteiger partial charge in [-0.2, -0.15) is 32.1 Å². The van der Waals surface area contributed by atoms with Crippen LogP contribution in [0, 0.1) is 28.5 Å². The minimum absolute atomic E-state index is 0.0216. The first kappa shape index (κ1) is 40.9. The van der Waals surface area contributed by atoms with E-state index in [4.69, 9.17) is 21.7 Å². The standard InChI is InChI=1S/C36H32ClF8N9O3/c1-33(2,3)17-35(22-8-6-20(24(38)13-22)5-4-19-14-48-52(15-19)30(41)42)29(55)53(31(46)50-35)26(16-57-32(56)51-34(10-11-34)36(43,44)45)21-7-9-23(37)25(12-21)54-28(27(39)40)47-18-49-54/h6-9,12-15,18,26-27,30H,10-11,16-17H2,1-3H3,(H2,46,50)(H,51,56)/t26?,35-/m1/s1. The highest BCUT2D eigenvalue weighted by molar-refractivity contribution is 6.32. The van der Waals surface area contributed by atoms with Crippen molar-refractivity contribution in [3.63, 3.8) is 0 Å². The molecule has 2 aromatic heterocycles. The SMILES string of the molecule is CC(C)(C)C[C@]1(c2ccc(C#Cc3cnn(C(F)F)c3)c(F)c2)NC(=N)N(C(COC(=O)NC2(C(F)(F)F)CC2)c2ccc(Cl)c(-n3ncnc3C(F)F)c2)C1=O. The Hall–Kier alpha value is -5.71. The van der Waals surface area contributed by atoms with Gasteiger partial charge in [0.1, 0.15) is 29.8 Å². The number of ether oxygens (including phenoxy) is 1. The number of alkyl halides is 7. The van der Waals surface area contributed by atoms with Crippen molar-refractivity contribution in [2.75, 3.05) is 6.61 Å². The minimum Gasteiger partial charge on any atom is -0.447 e. The van der Waals surface area contributed by atoms with Crippen molar-refractivity contribution < 1.29 is 49.4 Å². The number of carbonyl (C=O) groups excluding carboxylic acids is 2. The van der Waals surface area contributed by atoms with E-state index in [9.17, 15) is 40.3 Å². The van der Waals surface area contributed by atoms with Crippen molar-refractivity contribution in [3.05, 3.63) is 94.0 Å². The van der Waals surface area contributed by atoms with Crippen molar-refractivity contribution in [2.24, 2.45) is 5.41 Å². The number of benzene rings is 2. The Bertz CT molecular complexity index is 2270. The van der Waals surface area contributed by atoms with E-state index in [0.717, 1.165) is 34.4 Å². The van der Waals surface area contributed by atoms with Gasteiger partial charge in [-0.05, 0) is 60.1 Å². The highest BCUT2D eigenvalue weighted by Crippen LogP contribution is 2.49. The average molecular weight is 826 g/mol. The zero-order valence-electron chi connectivity index (χ0n) is 30.1. The molecule has 1 aliphatic heterocycles.